The Labute approximate surface area is 91.4 Å². The third-order valence-electron chi connectivity index (χ3n) is 2.03. The Morgan fingerprint density at radius 2 is 2.29 bits per heavy atom. The molecule has 0 spiro atoms. The zero-order valence-electron chi connectivity index (χ0n) is 7.35. The zero-order valence-corrected chi connectivity index (χ0v) is 8.92. The van der Waals surface area contributed by atoms with Gasteiger partial charge in [-0.25, -0.2) is 4.98 Å². The maximum absolute atomic E-state index is 6.04. The number of pyridine rings is 1. The van der Waals surface area contributed by atoms with Crippen molar-refractivity contribution in [1.82, 2.24) is 4.98 Å². The van der Waals surface area contributed by atoms with Gasteiger partial charge in [0.15, 0.2) is 0 Å². The first-order chi connectivity index (χ1) is 6.79. The topological polar surface area (TPSA) is 38.9 Å². The Hall–Kier alpha value is -0.900. The highest BCUT2D eigenvalue weighted by atomic mass is 35.5. The predicted octanol–water partition coefficient (Wildman–Crippen LogP) is 2.84. The minimum atomic E-state index is -0.178. The van der Waals surface area contributed by atoms with Crippen LogP contribution < -0.4 is 5.73 Å². The fourth-order valence-electron chi connectivity index (χ4n) is 1.26. The SMILES string of the molecule is N[C@H](c1ccsc1)c1cccnc1Cl. The fourth-order valence-corrected chi connectivity index (χ4v) is 2.20. The van der Waals surface area contributed by atoms with Gasteiger partial charge in [0.25, 0.3) is 0 Å². The normalized spacial score (nSPS) is 12.7. The van der Waals surface area contributed by atoms with Gasteiger partial charge in [0.1, 0.15) is 5.15 Å². The van der Waals surface area contributed by atoms with Crippen molar-refractivity contribution >= 4 is 22.9 Å². The highest BCUT2D eigenvalue weighted by Crippen LogP contribution is 2.25. The first-order valence-electron chi connectivity index (χ1n) is 4.17. The van der Waals surface area contributed by atoms with Crippen LogP contribution in [0.1, 0.15) is 17.2 Å². The molecule has 0 saturated heterocycles. The van der Waals surface area contributed by atoms with Crippen LogP contribution in [0.25, 0.3) is 0 Å². The summed E-state index contributed by atoms with van der Waals surface area (Å²) >= 11 is 7.57. The fraction of sp³-hybridized carbons (Fsp3) is 0.100. The Balaban J connectivity index is 2.37. The molecule has 2 aromatic rings. The molecule has 0 saturated carbocycles. The molecule has 2 N–H and O–H groups in total. The van der Waals surface area contributed by atoms with Crippen molar-refractivity contribution in [2.24, 2.45) is 5.73 Å². The summed E-state index contributed by atoms with van der Waals surface area (Å²) in [4.78, 5) is 4.00. The molecule has 2 rings (SSSR count). The molecule has 14 heavy (non-hydrogen) atoms. The van der Waals surface area contributed by atoms with Crippen molar-refractivity contribution < 1.29 is 0 Å². The maximum atomic E-state index is 6.04. The summed E-state index contributed by atoms with van der Waals surface area (Å²) in [6.07, 6.45) is 1.66. The number of halogens is 1. The van der Waals surface area contributed by atoms with Crippen LogP contribution in [0.2, 0.25) is 5.15 Å². The van der Waals surface area contributed by atoms with E-state index in [1.165, 1.54) is 0 Å². The number of hydrogen-bond acceptors (Lipinski definition) is 3. The summed E-state index contributed by atoms with van der Waals surface area (Å²) in [5.41, 5.74) is 7.99. The van der Waals surface area contributed by atoms with Crippen LogP contribution in [0.15, 0.2) is 35.2 Å². The summed E-state index contributed by atoms with van der Waals surface area (Å²) in [7, 11) is 0. The van der Waals surface area contributed by atoms with E-state index in [0.717, 1.165) is 11.1 Å². The third-order valence-corrected chi connectivity index (χ3v) is 3.04. The van der Waals surface area contributed by atoms with Gasteiger partial charge < -0.3 is 5.73 Å². The molecule has 0 unspecified atom stereocenters. The second kappa shape index (κ2) is 4.09. The van der Waals surface area contributed by atoms with Crippen molar-refractivity contribution in [2.75, 3.05) is 0 Å². The summed E-state index contributed by atoms with van der Waals surface area (Å²) in [5, 5.41) is 4.50. The lowest BCUT2D eigenvalue weighted by atomic mass is 10.0. The van der Waals surface area contributed by atoms with Crippen molar-refractivity contribution in [3.8, 4) is 0 Å². The lowest BCUT2D eigenvalue weighted by Gasteiger charge is -2.10. The molecular formula is C10H9ClN2S. The number of nitrogens with zero attached hydrogens (tertiary/aromatic N) is 1. The molecule has 2 heterocycles. The molecule has 0 fully saturated rings. The van der Waals surface area contributed by atoms with E-state index >= 15 is 0 Å². The minimum Gasteiger partial charge on any atom is -0.320 e. The van der Waals surface area contributed by atoms with Crippen LogP contribution in [-0.4, -0.2) is 4.98 Å². The summed E-state index contributed by atoms with van der Waals surface area (Å²) < 4.78 is 0. The Morgan fingerprint density at radius 3 is 2.93 bits per heavy atom. The number of nitrogens with two attached hydrogens (primary N) is 1. The van der Waals surface area contributed by atoms with Gasteiger partial charge >= 0.3 is 0 Å². The Morgan fingerprint density at radius 1 is 1.43 bits per heavy atom. The first-order valence-corrected chi connectivity index (χ1v) is 5.49. The van der Waals surface area contributed by atoms with Gasteiger partial charge in [0.05, 0.1) is 6.04 Å². The van der Waals surface area contributed by atoms with Crippen LogP contribution in [0.5, 0.6) is 0 Å². The van der Waals surface area contributed by atoms with Crippen LogP contribution in [0, 0.1) is 0 Å². The lowest BCUT2D eigenvalue weighted by molar-refractivity contribution is 0.868. The molecule has 0 aromatic carbocycles. The largest absolute Gasteiger partial charge is 0.320 e. The molecule has 0 aliphatic carbocycles. The van der Waals surface area contributed by atoms with Gasteiger partial charge in [0.2, 0.25) is 0 Å². The molecule has 72 valence electrons. The Kier molecular flexibility index (Phi) is 2.82. The van der Waals surface area contributed by atoms with Gasteiger partial charge in [0, 0.05) is 11.8 Å². The highest BCUT2D eigenvalue weighted by Gasteiger charge is 2.12. The van der Waals surface area contributed by atoms with Gasteiger partial charge in [-0.2, -0.15) is 11.3 Å². The predicted molar refractivity (Wildman–Crippen MR) is 59.6 cm³/mol. The smallest absolute Gasteiger partial charge is 0.134 e. The maximum Gasteiger partial charge on any atom is 0.134 e. The zero-order chi connectivity index (χ0) is 9.97. The molecule has 0 bridgehead atoms. The second-order valence-corrected chi connectivity index (χ2v) is 4.06. The van der Waals surface area contributed by atoms with Crippen molar-refractivity contribution in [2.45, 2.75) is 6.04 Å². The van der Waals surface area contributed by atoms with Crippen LogP contribution in [-0.2, 0) is 0 Å². The van der Waals surface area contributed by atoms with Gasteiger partial charge in [-0.05, 0) is 28.5 Å². The standard InChI is InChI=1S/C10H9ClN2S/c11-10-8(2-1-4-13-10)9(12)7-3-5-14-6-7/h1-6,9H,12H2/t9-/m1/s1. The molecule has 1 atom stereocenters. The molecular weight excluding hydrogens is 216 g/mol. The second-order valence-electron chi connectivity index (χ2n) is 2.92. The number of hydrogen-bond donors (Lipinski definition) is 1. The number of rotatable bonds is 2. The highest BCUT2D eigenvalue weighted by molar-refractivity contribution is 7.08. The van der Waals surface area contributed by atoms with E-state index in [4.69, 9.17) is 17.3 Å². The van der Waals surface area contributed by atoms with Crippen molar-refractivity contribution in [1.29, 1.82) is 0 Å². The average Bonchev–Trinajstić information content (AvgIpc) is 2.70. The molecule has 2 nitrogen and oxygen atoms in total. The van der Waals surface area contributed by atoms with Crippen LogP contribution >= 0.6 is 22.9 Å². The molecule has 0 aliphatic rings. The molecule has 4 heteroatoms. The van der Waals surface area contributed by atoms with E-state index in [2.05, 4.69) is 4.98 Å². The summed E-state index contributed by atoms with van der Waals surface area (Å²) in [6, 6.07) is 5.56. The molecule has 2 aromatic heterocycles. The molecule has 0 radical (unpaired) electrons. The molecule has 0 amide bonds. The van der Waals surface area contributed by atoms with E-state index in [0.29, 0.717) is 5.15 Å². The van der Waals surface area contributed by atoms with Crippen molar-refractivity contribution in [3.05, 3.63) is 51.4 Å². The van der Waals surface area contributed by atoms with E-state index in [-0.39, 0.29) is 6.04 Å². The number of aromatic nitrogens is 1. The van der Waals surface area contributed by atoms with E-state index in [1.807, 2.05) is 29.0 Å². The third kappa shape index (κ3) is 1.80. The lowest BCUT2D eigenvalue weighted by Crippen LogP contribution is -2.11. The average molecular weight is 225 g/mol. The van der Waals surface area contributed by atoms with Gasteiger partial charge in [-0.15, -0.1) is 0 Å². The number of thiophene rings is 1. The van der Waals surface area contributed by atoms with Crippen molar-refractivity contribution in [3.63, 3.8) is 0 Å². The molecule has 0 aliphatic heterocycles. The summed E-state index contributed by atoms with van der Waals surface area (Å²) in [5.74, 6) is 0. The minimum absolute atomic E-state index is 0.178. The van der Waals surface area contributed by atoms with Gasteiger partial charge in [-0.3, -0.25) is 0 Å². The van der Waals surface area contributed by atoms with E-state index < -0.39 is 0 Å². The summed E-state index contributed by atoms with van der Waals surface area (Å²) in [6.45, 7) is 0. The monoisotopic (exact) mass is 224 g/mol. The van der Waals surface area contributed by atoms with Gasteiger partial charge in [-0.1, -0.05) is 17.7 Å². The van der Waals surface area contributed by atoms with Crippen LogP contribution in [0.4, 0.5) is 0 Å². The van der Waals surface area contributed by atoms with E-state index in [1.54, 1.807) is 17.5 Å². The van der Waals surface area contributed by atoms with Crippen LogP contribution in [0.3, 0.4) is 0 Å². The first kappa shape index (κ1) is 9.65. The Bertz CT molecular complexity index is 414. The van der Waals surface area contributed by atoms with E-state index in [9.17, 15) is 0 Å². The quantitative estimate of drug-likeness (QED) is 0.797.